The van der Waals surface area contributed by atoms with Gasteiger partial charge in [0.1, 0.15) is 10.7 Å². The van der Waals surface area contributed by atoms with Crippen LogP contribution in [0, 0.1) is 29.4 Å². The van der Waals surface area contributed by atoms with Crippen molar-refractivity contribution in [1.82, 2.24) is 0 Å². The molecule has 2 rings (SSSR count). The van der Waals surface area contributed by atoms with Crippen LogP contribution in [-0.2, 0) is 6.54 Å². The summed E-state index contributed by atoms with van der Waals surface area (Å²) in [6.45, 7) is 2.80. The highest BCUT2D eigenvalue weighted by Crippen LogP contribution is 2.21. The molecule has 0 aliphatic heterocycles. The summed E-state index contributed by atoms with van der Waals surface area (Å²) in [6, 6.07) is 10.8. The molecule has 0 bridgehead atoms. The largest absolute Gasteiger partial charge is 0.433 e. The SMILES string of the molecule is C#CCN(Cc1ccc([N+](=O)[O-])o1)c1ccc(C)cc1. The molecule has 20 heavy (non-hydrogen) atoms. The first-order chi connectivity index (χ1) is 9.60. The minimum atomic E-state index is -0.555. The maximum atomic E-state index is 10.6. The van der Waals surface area contributed by atoms with Crippen LogP contribution in [0.1, 0.15) is 11.3 Å². The van der Waals surface area contributed by atoms with E-state index in [4.69, 9.17) is 10.8 Å². The molecule has 0 N–H and O–H groups in total. The Hall–Kier alpha value is -2.74. The number of nitrogens with zero attached hydrogens (tertiary/aromatic N) is 2. The number of aryl methyl sites for hydroxylation is 1. The van der Waals surface area contributed by atoms with Gasteiger partial charge in [-0.1, -0.05) is 23.6 Å². The van der Waals surface area contributed by atoms with E-state index in [1.807, 2.05) is 36.1 Å². The number of nitro groups is 1. The van der Waals surface area contributed by atoms with Crippen LogP contribution in [0.3, 0.4) is 0 Å². The molecule has 0 saturated heterocycles. The fourth-order valence-corrected chi connectivity index (χ4v) is 1.84. The molecule has 0 aliphatic rings. The van der Waals surface area contributed by atoms with E-state index >= 15 is 0 Å². The first-order valence-corrected chi connectivity index (χ1v) is 6.08. The van der Waals surface area contributed by atoms with E-state index in [1.54, 1.807) is 6.07 Å². The number of benzene rings is 1. The molecule has 0 fully saturated rings. The van der Waals surface area contributed by atoms with Gasteiger partial charge in [-0.2, -0.15) is 0 Å². The number of hydrogen-bond acceptors (Lipinski definition) is 4. The van der Waals surface area contributed by atoms with Crippen LogP contribution in [0.15, 0.2) is 40.8 Å². The van der Waals surface area contributed by atoms with E-state index in [2.05, 4.69) is 5.92 Å². The second-order valence-corrected chi connectivity index (χ2v) is 4.39. The molecule has 1 heterocycles. The summed E-state index contributed by atoms with van der Waals surface area (Å²) < 4.78 is 5.16. The van der Waals surface area contributed by atoms with Gasteiger partial charge in [-0.05, 0) is 25.1 Å². The van der Waals surface area contributed by atoms with Crippen molar-refractivity contribution < 1.29 is 9.34 Å². The highest BCUT2D eigenvalue weighted by Gasteiger charge is 2.14. The average molecular weight is 270 g/mol. The Morgan fingerprint density at radius 1 is 1.30 bits per heavy atom. The van der Waals surface area contributed by atoms with Crippen molar-refractivity contribution in [2.75, 3.05) is 11.4 Å². The summed E-state index contributed by atoms with van der Waals surface area (Å²) in [5.41, 5.74) is 2.11. The second kappa shape index (κ2) is 5.93. The third-order valence-corrected chi connectivity index (χ3v) is 2.86. The summed E-state index contributed by atoms with van der Waals surface area (Å²) in [7, 11) is 0. The van der Waals surface area contributed by atoms with Crippen molar-refractivity contribution in [1.29, 1.82) is 0 Å². The van der Waals surface area contributed by atoms with Crippen molar-refractivity contribution in [3.05, 3.63) is 57.8 Å². The summed E-state index contributed by atoms with van der Waals surface area (Å²) in [6.07, 6.45) is 5.37. The lowest BCUT2D eigenvalue weighted by atomic mass is 10.2. The van der Waals surface area contributed by atoms with Crippen molar-refractivity contribution in [3.8, 4) is 12.3 Å². The van der Waals surface area contributed by atoms with Gasteiger partial charge in [-0.15, -0.1) is 6.42 Å². The van der Waals surface area contributed by atoms with Gasteiger partial charge in [-0.3, -0.25) is 10.1 Å². The van der Waals surface area contributed by atoms with E-state index in [-0.39, 0.29) is 5.88 Å². The zero-order valence-corrected chi connectivity index (χ0v) is 11.1. The highest BCUT2D eigenvalue weighted by molar-refractivity contribution is 5.48. The number of rotatable bonds is 5. The molecule has 5 heteroatoms. The standard InChI is InChI=1S/C15H14N2O3/c1-3-10-16(13-6-4-12(2)5-7-13)11-14-8-9-15(20-14)17(18)19/h1,4-9H,10-11H2,2H3. The fourth-order valence-electron chi connectivity index (χ4n) is 1.84. The van der Waals surface area contributed by atoms with Gasteiger partial charge >= 0.3 is 5.88 Å². The fraction of sp³-hybridized carbons (Fsp3) is 0.200. The third kappa shape index (κ3) is 3.18. The minimum Gasteiger partial charge on any atom is -0.404 e. The Labute approximate surface area is 117 Å². The lowest BCUT2D eigenvalue weighted by Gasteiger charge is -2.21. The van der Waals surface area contributed by atoms with Gasteiger partial charge in [0.05, 0.1) is 19.2 Å². The van der Waals surface area contributed by atoms with Crippen LogP contribution < -0.4 is 4.90 Å². The van der Waals surface area contributed by atoms with Gasteiger partial charge in [0.15, 0.2) is 0 Å². The molecule has 0 amide bonds. The van der Waals surface area contributed by atoms with Crippen molar-refractivity contribution in [3.63, 3.8) is 0 Å². The summed E-state index contributed by atoms with van der Waals surface area (Å²) >= 11 is 0. The number of terminal acetylenes is 1. The quantitative estimate of drug-likeness (QED) is 0.476. The Bertz CT molecular complexity index is 638. The van der Waals surface area contributed by atoms with Crippen LogP contribution >= 0.6 is 0 Å². The molecule has 0 atom stereocenters. The first kappa shape index (κ1) is 13.7. The van der Waals surface area contributed by atoms with Crippen LogP contribution in [0.5, 0.6) is 0 Å². The third-order valence-electron chi connectivity index (χ3n) is 2.86. The Morgan fingerprint density at radius 3 is 2.55 bits per heavy atom. The van der Waals surface area contributed by atoms with Gasteiger partial charge in [0, 0.05) is 5.69 Å². The predicted octanol–water partition coefficient (Wildman–Crippen LogP) is 3.14. The van der Waals surface area contributed by atoms with E-state index in [0.29, 0.717) is 18.8 Å². The van der Waals surface area contributed by atoms with Crippen LogP contribution in [0.25, 0.3) is 0 Å². The molecule has 2 aromatic rings. The Balaban J connectivity index is 2.18. The molecule has 0 unspecified atom stereocenters. The van der Waals surface area contributed by atoms with Gasteiger partial charge in [0.2, 0.25) is 0 Å². The Morgan fingerprint density at radius 2 is 2.00 bits per heavy atom. The zero-order chi connectivity index (χ0) is 14.5. The number of anilines is 1. The predicted molar refractivity (Wildman–Crippen MR) is 76.4 cm³/mol. The number of furan rings is 1. The molecule has 1 aromatic heterocycles. The van der Waals surface area contributed by atoms with Gasteiger partial charge < -0.3 is 9.32 Å². The summed E-state index contributed by atoms with van der Waals surface area (Å²) in [5.74, 6) is 2.83. The molecule has 5 nitrogen and oxygen atoms in total. The lowest BCUT2D eigenvalue weighted by Crippen LogP contribution is -2.22. The molecule has 0 spiro atoms. The molecular weight excluding hydrogens is 256 g/mol. The normalized spacial score (nSPS) is 10.0. The van der Waals surface area contributed by atoms with Crippen molar-refractivity contribution in [2.45, 2.75) is 13.5 Å². The van der Waals surface area contributed by atoms with E-state index in [0.717, 1.165) is 11.3 Å². The monoisotopic (exact) mass is 270 g/mol. The van der Waals surface area contributed by atoms with Crippen LogP contribution in [0.4, 0.5) is 11.6 Å². The highest BCUT2D eigenvalue weighted by atomic mass is 16.6. The smallest absolute Gasteiger partial charge is 0.404 e. The zero-order valence-electron chi connectivity index (χ0n) is 11.1. The van der Waals surface area contributed by atoms with E-state index < -0.39 is 4.92 Å². The molecule has 102 valence electrons. The van der Waals surface area contributed by atoms with Crippen molar-refractivity contribution in [2.24, 2.45) is 0 Å². The second-order valence-electron chi connectivity index (χ2n) is 4.39. The average Bonchev–Trinajstić information content (AvgIpc) is 2.88. The first-order valence-electron chi connectivity index (χ1n) is 6.08. The number of hydrogen-bond donors (Lipinski definition) is 0. The maximum absolute atomic E-state index is 10.6. The molecule has 0 aliphatic carbocycles. The molecular formula is C15H14N2O3. The summed E-state index contributed by atoms with van der Waals surface area (Å²) in [5, 5.41) is 10.6. The van der Waals surface area contributed by atoms with Gasteiger partial charge in [-0.25, -0.2) is 0 Å². The topological polar surface area (TPSA) is 59.5 Å². The van der Waals surface area contributed by atoms with Gasteiger partial charge in [0.25, 0.3) is 0 Å². The molecule has 0 radical (unpaired) electrons. The lowest BCUT2D eigenvalue weighted by molar-refractivity contribution is -0.402. The van der Waals surface area contributed by atoms with E-state index in [1.165, 1.54) is 6.07 Å². The van der Waals surface area contributed by atoms with Crippen LogP contribution in [-0.4, -0.2) is 11.5 Å². The molecule has 0 saturated carbocycles. The minimum absolute atomic E-state index is 0.260. The summed E-state index contributed by atoms with van der Waals surface area (Å²) in [4.78, 5) is 12.0. The maximum Gasteiger partial charge on any atom is 0.433 e. The Kier molecular flexibility index (Phi) is 4.06. The van der Waals surface area contributed by atoms with Crippen molar-refractivity contribution >= 4 is 11.6 Å². The van der Waals surface area contributed by atoms with E-state index in [9.17, 15) is 10.1 Å². The molecule has 1 aromatic carbocycles. The van der Waals surface area contributed by atoms with Crippen LogP contribution in [0.2, 0.25) is 0 Å².